The predicted octanol–water partition coefficient (Wildman–Crippen LogP) is 4.45. The molecule has 0 spiro atoms. The van der Waals surface area contributed by atoms with Crippen molar-refractivity contribution in [2.75, 3.05) is 0 Å². The standard InChI is InChI=1S/C20H14ClN5/c21-20-23-19-8-4-7-17(26(19)24-20)15-9-10-16-12-22-25(18(16)11-15)13-14-5-2-1-3-6-14/h1-12H,13H2. The summed E-state index contributed by atoms with van der Waals surface area (Å²) in [6, 6.07) is 22.5. The van der Waals surface area contributed by atoms with Crippen molar-refractivity contribution < 1.29 is 0 Å². The molecule has 0 unspecified atom stereocenters. The number of rotatable bonds is 3. The minimum absolute atomic E-state index is 0.243. The summed E-state index contributed by atoms with van der Waals surface area (Å²) in [5.41, 5.74) is 5.00. The van der Waals surface area contributed by atoms with Gasteiger partial charge >= 0.3 is 0 Å². The van der Waals surface area contributed by atoms with Crippen LogP contribution in [0.4, 0.5) is 0 Å². The molecule has 0 fully saturated rings. The smallest absolute Gasteiger partial charge is 0.243 e. The van der Waals surface area contributed by atoms with Crippen LogP contribution in [0, 0.1) is 0 Å². The zero-order valence-electron chi connectivity index (χ0n) is 13.7. The lowest BCUT2D eigenvalue weighted by molar-refractivity contribution is 0.712. The summed E-state index contributed by atoms with van der Waals surface area (Å²) >= 11 is 5.98. The van der Waals surface area contributed by atoms with E-state index in [1.807, 2.05) is 47.3 Å². The molecule has 0 bridgehead atoms. The number of hydrogen-bond donors (Lipinski definition) is 0. The molecule has 0 amide bonds. The minimum atomic E-state index is 0.243. The first kappa shape index (κ1) is 15.1. The number of fused-ring (bicyclic) bond motifs is 2. The highest BCUT2D eigenvalue weighted by Gasteiger charge is 2.10. The molecule has 0 N–H and O–H groups in total. The van der Waals surface area contributed by atoms with E-state index < -0.39 is 0 Å². The maximum Gasteiger partial charge on any atom is 0.243 e. The molecule has 0 saturated heterocycles. The summed E-state index contributed by atoms with van der Waals surface area (Å²) in [7, 11) is 0. The minimum Gasteiger partial charge on any atom is -0.260 e. The third-order valence-electron chi connectivity index (χ3n) is 4.45. The molecule has 2 aromatic carbocycles. The van der Waals surface area contributed by atoms with Crippen molar-refractivity contribution in [1.29, 1.82) is 0 Å². The van der Waals surface area contributed by atoms with E-state index in [1.54, 1.807) is 4.52 Å². The van der Waals surface area contributed by atoms with Crippen molar-refractivity contribution in [3.05, 3.63) is 83.8 Å². The second kappa shape index (κ2) is 5.97. The van der Waals surface area contributed by atoms with Gasteiger partial charge in [0, 0.05) is 10.9 Å². The van der Waals surface area contributed by atoms with Crippen LogP contribution in [-0.2, 0) is 6.54 Å². The summed E-state index contributed by atoms with van der Waals surface area (Å²) in [5.74, 6) is 0. The van der Waals surface area contributed by atoms with Gasteiger partial charge in [-0.25, -0.2) is 4.52 Å². The fraction of sp³-hybridized carbons (Fsp3) is 0.0500. The fourth-order valence-electron chi connectivity index (χ4n) is 3.21. The molecule has 0 atom stereocenters. The first-order valence-corrected chi connectivity index (χ1v) is 8.67. The Bertz CT molecular complexity index is 1220. The van der Waals surface area contributed by atoms with Gasteiger partial charge in [-0.3, -0.25) is 4.68 Å². The third-order valence-corrected chi connectivity index (χ3v) is 4.61. The number of hydrogen-bond acceptors (Lipinski definition) is 3. The summed E-state index contributed by atoms with van der Waals surface area (Å²) in [5, 5.41) is 10.2. The molecule has 0 radical (unpaired) electrons. The van der Waals surface area contributed by atoms with Gasteiger partial charge in [-0.15, -0.1) is 5.10 Å². The average molecular weight is 360 g/mol. The Kier molecular flexibility index (Phi) is 3.47. The molecule has 0 aliphatic rings. The summed E-state index contributed by atoms with van der Waals surface area (Å²) < 4.78 is 3.78. The van der Waals surface area contributed by atoms with E-state index in [-0.39, 0.29) is 5.28 Å². The third kappa shape index (κ3) is 2.53. The Morgan fingerprint density at radius 2 is 1.81 bits per heavy atom. The van der Waals surface area contributed by atoms with Gasteiger partial charge < -0.3 is 0 Å². The van der Waals surface area contributed by atoms with Crippen molar-refractivity contribution >= 4 is 28.2 Å². The van der Waals surface area contributed by atoms with Gasteiger partial charge in [0.05, 0.1) is 24.0 Å². The van der Waals surface area contributed by atoms with Crippen molar-refractivity contribution in [3.63, 3.8) is 0 Å². The number of halogens is 1. The highest BCUT2D eigenvalue weighted by molar-refractivity contribution is 6.28. The van der Waals surface area contributed by atoms with Gasteiger partial charge in [0.1, 0.15) is 0 Å². The maximum atomic E-state index is 5.98. The van der Waals surface area contributed by atoms with Crippen LogP contribution in [0.5, 0.6) is 0 Å². The van der Waals surface area contributed by atoms with Gasteiger partial charge in [0.2, 0.25) is 5.28 Å². The Morgan fingerprint density at radius 1 is 0.923 bits per heavy atom. The largest absolute Gasteiger partial charge is 0.260 e. The number of pyridine rings is 1. The lowest BCUT2D eigenvalue weighted by Crippen LogP contribution is -2.01. The molecule has 3 aromatic heterocycles. The number of benzene rings is 2. The average Bonchev–Trinajstić information content (AvgIpc) is 3.24. The van der Waals surface area contributed by atoms with Crippen molar-refractivity contribution in [1.82, 2.24) is 24.4 Å². The highest BCUT2D eigenvalue weighted by Crippen LogP contribution is 2.25. The Hall–Kier alpha value is -3.18. The second-order valence-electron chi connectivity index (χ2n) is 6.12. The molecule has 3 heterocycles. The molecule has 0 aliphatic carbocycles. The highest BCUT2D eigenvalue weighted by atomic mass is 35.5. The van der Waals surface area contributed by atoms with Crippen molar-refractivity contribution in [3.8, 4) is 11.3 Å². The Morgan fingerprint density at radius 3 is 2.69 bits per heavy atom. The molecule has 0 aliphatic heterocycles. The van der Waals surface area contributed by atoms with E-state index in [2.05, 4.69) is 45.5 Å². The molecule has 26 heavy (non-hydrogen) atoms. The Labute approximate surface area is 154 Å². The topological polar surface area (TPSA) is 48.0 Å². The molecule has 5 aromatic rings. The van der Waals surface area contributed by atoms with E-state index >= 15 is 0 Å². The van der Waals surface area contributed by atoms with Crippen molar-refractivity contribution in [2.24, 2.45) is 0 Å². The van der Waals surface area contributed by atoms with E-state index in [9.17, 15) is 0 Å². The molecule has 0 saturated carbocycles. The van der Waals surface area contributed by atoms with Crippen LogP contribution in [0.15, 0.2) is 72.9 Å². The Balaban J connectivity index is 1.64. The molecule has 5 rings (SSSR count). The molecular formula is C20H14ClN5. The fourth-order valence-corrected chi connectivity index (χ4v) is 3.37. The van der Waals surface area contributed by atoms with Gasteiger partial charge in [-0.2, -0.15) is 10.1 Å². The maximum absolute atomic E-state index is 5.98. The normalized spacial score (nSPS) is 11.4. The van der Waals surface area contributed by atoms with Gasteiger partial charge in [-0.1, -0.05) is 48.5 Å². The quantitative estimate of drug-likeness (QED) is 0.478. The number of aromatic nitrogens is 5. The van der Waals surface area contributed by atoms with Crippen LogP contribution in [0.1, 0.15) is 5.56 Å². The first-order chi connectivity index (χ1) is 12.8. The zero-order chi connectivity index (χ0) is 17.5. The number of nitrogens with zero attached hydrogens (tertiary/aromatic N) is 5. The van der Waals surface area contributed by atoms with Crippen LogP contribution in [0.2, 0.25) is 5.28 Å². The monoisotopic (exact) mass is 359 g/mol. The molecule has 126 valence electrons. The summed E-state index contributed by atoms with van der Waals surface area (Å²) in [6.45, 7) is 0.729. The zero-order valence-corrected chi connectivity index (χ0v) is 14.5. The SMILES string of the molecule is Clc1nc2cccc(-c3ccc4cnn(Cc5ccccc5)c4c3)n2n1. The van der Waals surface area contributed by atoms with E-state index in [0.717, 1.165) is 34.4 Å². The molecular weight excluding hydrogens is 346 g/mol. The second-order valence-corrected chi connectivity index (χ2v) is 6.46. The van der Waals surface area contributed by atoms with Crippen molar-refractivity contribution in [2.45, 2.75) is 6.54 Å². The lowest BCUT2D eigenvalue weighted by Gasteiger charge is -2.07. The summed E-state index contributed by atoms with van der Waals surface area (Å²) in [6.07, 6.45) is 1.90. The lowest BCUT2D eigenvalue weighted by atomic mass is 10.1. The van der Waals surface area contributed by atoms with Crippen LogP contribution < -0.4 is 0 Å². The van der Waals surface area contributed by atoms with Gasteiger partial charge in [-0.05, 0) is 35.4 Å². The predicted molar refractivity (Wildman–Crippen MR) is 102 cm³/mol. The van der Waals surface area contributed by atoms with E-state index in [1.165, 1.54) is 5.56 Å². The van der Waals surface area contributed by atoms with Crippen LogP contribution >= 0.6 is 11.6 Å². The molecule has 6 heteroatoms. The van der Waals surface area contributed by atoms with Crippen LogP contribution in [0.25, 0.3) is 27.8 Å². The molecule has 5 nitrogen and oxygen atoms in total. The van der Waals surface area contributed by atoms with E-state index in [4.69, 9.17) is 11.6 Å². The summed E-state index contributed by atoms with van der Waals surface area (Å²) in [4.78, 5) is 4.22. The van der Waals surface area contributed by atoms with Gasteiger partial charge in [0.15, 0.2) is 5.65 Å². The van der Waals surface area contributed by atoms with Gasteiger partial charge in [0.25, 0.3) is 0 Å². The van der Waals surface area contributed by atoms with E-state index in [0.29, 0.717) is 0 Å². The van der Waals surface area contributed by atoms with Crippen LogP contribution in [0.3, 0.4) is 0 Å². The van der Waals surface area contributed by atoms with Crippen LogP contribution in [-0.4, -0.2) is 24.4 Å². The first-order valence-electron chi connectivity index (χ1n) is 8.29.